The number of anilines is 3. The van der Waals surface area contributed by atoms with Crippen molar-refractivity contribution in [1.29, 1.82) is 0 Å². The van der Waals surface area contributed by atoms with E-state index in [1.54, 1.807) is 29.2 Å². The van der Waals surface area contributed by atoms with Crippen LogP contribution in [0.3, 0.4) is 0 Å². The molecular weight excluding hydrogens is 423 g/mol. The zero-order valence-corrected chi connectivity index (χ0v) is 17.8. The van der Waals surface area contributed by atoms with Crippen LogP contribution in [0, 0.1) is 0 Å². The Morgan fingerprint density at radius 3 is 2.37 bits per heavy atom. The lowest BCUT2D eigenvalue weighted by molar-refractivity contribution is -0.114. The van der Waals surface area contributed by atoms with E-state index in [0.717, 1.165) is 24.5 Å². The summed E-state index contributed by atoms with van der Waals surface area (Å²) in [4.78, 5) is 19.0. The van der Waals surface area contributed by atoms with E-state index in [1.807, 2.05) is 18.2 Å². The van der Waals surface area contributed by atoms with Crippen molar-refractivity contribution < 1.29 is 4.79 Å². The van der Waals surface area contributed by atoms with Gasteiger partial charge >= 0.3 is 0 Å². The van der Waals surface area contributed by atoms with Crippen molar-refractivity contribution in [2.24, 2.45) is 0 Å². The number of benzene rings is 2. The lowest BCUT2D eigenvalue weighted by Gasteiger charge is -2.30. The highest BCUT2D eigenvalue weighted by Gasteiger charge is 2.16. The van der Waals surface area contributed by atoms with Gasteiger partial charge in [-0.2, -0.15) is 5.10 Å². The molecule has 30 heavy (non-hydrogen) atoms. The molecule has 156 valence electrons. The van der Waals surface area contributed by atoms with Crippen molar-refractivity contribution in [2.45, 2.75) is 19.3 Å². The summed E-state index contributed by atoms with van der Waals surface area (Å²) in [6, 6.07) is 11.0. The summed E-state index contributed by atoms with van der Waals surface area (Å²) < 4.78 is 1.57. The van der Waals surface area contributed by atoms with Gasteiger partial charge in [-0.25, -0.2) is 9.67 Å². The first-order valence-electron chi connectivity index (χ1n) is 9.83. The fourth-order valence-corrected chi connectivity index (χ4v) is 3.92. The van der Waals surface area contributed by atoms with Crippen LogP contribution < -0.4 is 15.5 Å². The highest BCUT2D eigenvalue weighted by molar-refractivity contribution is 6.31. The topological polar surface area (TPSA) is 75.1 Å². The van der Waals surface area contributed by atoms with Crippen molar-refractivity contribution in [1.82, 2.24) is 14.8 Å². The first-order valence-corrected chi connectivity index (χ1v) is 10.6. The molecule has 3 aromatic rings. The van der Waals surface area contributed by atoms with Crippen LogP contribution in [0.5, 0.6) is 0 Å². The summed E-state index contributed by atoms with van der Waals surface area (Å²) in [6.45, 7) is 2.10. The first-order chi connectivity index (χ1) is 14.6. The fraction of sp³-hybridized carbons (Fsp3) is 0.286. The summed E-state index contributed by atoms with van der Waals surface area (Å²) in [5.41, 5.74) is 3.16. The van der Waals surface area contributed by atoms with E-state index in [0.29, 0.717) is 21.4 Å². The van der Waals surface area contributed by atoms with Crippen LogP contribution in [0.15, 0.2) is 49.1 Å². The van der Waals surface area contributed by atoms with Gasteiger partial charge in [-0.3, -0.25) is 4.79 Å². The predicted octanol–water partition coefficient (Wildman–Crippen LogP) is 4.62. The molecule has 0 bridgehead atoms. The molecule has 9 heteroatoms. The minimum Gasteiger partial charge on any atom is -0.374 e. The Morgan fingerprint density at radius 1 is 0.967 bits per heavy atom. The van der Waals surface area contributed by atoms with Crippen LogP contribution in [-0.4, -0.2) is 40.3 Å². The summed E-state index contributed by atoms with van der Waals surface area (Å²) >= 11 is 12.3. The number of nitrogens with one attached hydrogen (secondary N) is 2. The molecule has 2 N–H and O–H groups in total. The predicted molar refractivity (Wildman–Crippen MR) is 121 cm³/mol. The van der Waals surface area contributed by atoms with E-state index in [1.165, 1.54) is 25.6 Å². The molecule has 0 atom stereocenters. The molecule has 0 spiro atoms. The molecule has 1 aromatic heterocycles. The summed E-state index contributed by atoms with van der Waals surface area (Å²) in [5.74, 6) is -0.205. The first kappa shape index (κ1) is 20.5. The average Bonchev–Trinajstić information content (AvgIpc) is 3.28. The molecule has 1 saturated heterocycles. The minimum absolute atomic E-state index is 0.0878. The van der Waals surface area contributed by atoms with Crippen molar-refractivity contribution in [3.05, 3.63) is 59.1 Å². The zero-order chi connectivity index (χ0) is 20.9. The van der Waals surface area contributed by atoms with Gasteiger partial charge in [0, 0.05) is 23.1 Å². The third kappa shape index (κ3) is 4.86. The highest BCUT2D eigenvalue weighted by Crippen LogP contribution is 2.31. The number of piperidine rings is 1. The highest BCUT2D eigenvalue weighted by atomic mass is 35.5. The van der Waals surface area contributed by atoms with Gasteiger partial charge in [0.1, 0.15) is 12.7 Å². The smallest absolute Gasteiger partial charge is 0.243 e. The van der Waals surface area contributed by atoms with Crippen molar-refractivity contribution in [3.63, 3.8) is 0 Å². The molecule has 0 unspecified atom stereocenters. The SMILES string of the molecule is O=C(CNc1cc(Cl)ccc1N1CCCCC1)Nc1cc(Cl)ccc1-n1cncn1. The second kappa shape index (κ2) is 9.36. The Labute approximate surface area is 185 Å². The van der Waals surface area contributed by atoms with Crippen molar-refractivity contribution >= 4 is 46.2 Å². The third-order valence-corrected chi connectivity index (χ3v) is 5.46. The molecule has 0 radical (unpaired) electrons. The largest absolute Gasteiger partial charge is 0.374 e. The number of carbonyl (C=O) groups is 1. The van der Waals surface area contributed by atoms with Gasteiger partial charge in [-0.1, -0.05) is 23.2 Å². The number of amides is 1. The lowest BCUT2D eigenvalue weighted by Crippen LogP contribution is -2.30. The van der Waals surface area contributed by atoms with E-state index in [2.05, 4.69) is 25.6 Å². The van der Waals surface area contributed by atoms with Crippen LogP contribution in [0.2, 0.25) is 10.0 Å². The molecule has 2 heterocycles. The normalized spacial score (nSPS) is 13.9. The maximum absolute atomic E-state index is 12.7. The van der Waals surface area contributed by atoms with E-state index in [-0.39, 0.29) is 12.5 Å². The molecule has 1 aliphatic heterocycles. The van der Waals surface area contributed by atoms with Gasteiger partial charge in [0.15, 0.2) is 0 Å². The maximum atomic E-state index is 12.7. The van der Waals surface area contributed by atoms with Gasteiger partial charge in [0.25, 0.3) is 0 Å². The second-order valence-corrected chi connectivity index (χ2v) is 7.99. The Morgan fingerprint density at radius 2 is 1.67 bits per heavy atom. The standard InChI is InChI=1S/C21H22Cl2N6O/c22-15-4-6-19(28-8-2-1-3-9-28)17(10-15)25-12-21(30)27-18-11-16(23)5-7-20(18)29-14-24-13-26-29/h4-7,10-11,13-14,25H,1-3,8-9,12H2,(H,27,30). The number of halogens is 2. The molecular formula is C21H22Cl2N6O. The number of nitrogens with zero attached hydrogens (tertiary/aromatic N) is 4. The van der Waals surface area contributed by atoms with Gasteiger partial charge < -0.3 is 15.5 Å². The molecule has 7 nitrogen and oxygen atoms in total. The summed E-state index contributed by atoms with van der Waals surface area (Å²) in [7, 11) is 0. The van der Waals surface area contributed by atoms with E-state index >= 15 is 0 Å². The Hall–Kier alpha value is -2.77. The molecule has 4 rings (SSSR count). The molecule has 2 aromatic carbocycles. The number of hydrogen-bond acceptors (Lipinski definition) is 5. The third-order valence-electron chi connectivity index (χ3n) is 4.99. The molecule has 1 fully saturated rings. The van der Waals surface area contributed by atoms with Crippen LogP contribution >= 0.6 is 23.2 Å². The van der Waals surface area contributed by atoms with E-state index in [4.69, 9.17) is 23.2 Å². The van der Waals surface area contributed by atoms with Crippen LogP contribution in [-0.2, 0) is 4.79 Å². The monoisotopic (exact) mass is 444 g/mol. The molecule has 1 aliphatic rings. The number of rotatable bonds is 6. The van der Waals surface area contributed by atoms with Gasteiger partial charge in [-0.15, -0.1) is 0 Å². The Kier molecular flexibility index (Phi) is 6.40. The molecule has 0 aliphatic carbocycles. The molecule has 0 saturated carbocycles. The second-order valence-electron chi connectivity index (χ2n) is 7.11. The van der Waals surface area contributed by atoms with Gasteiger partial charge in [0.05, 0.1) is 29.3 Å². The van der Waals surface area contributed by atoms with Crippen molar-refractivity contribution in [3.8, 4) is 5.69 Å². The van der Waals surface area contributed by atoms with Crippen LogP contribution in [0.1, 0.15) is 19.3 Å². The number of carbonyl (C=O) groups excluding carboxylic acids is 1. The number of hydrogen-bond donors (Lipinski definition) is 2. The zero-order valence-electron chi connectivity index (χ0n) is 16.3. The Balaban J connectivity index is 1.47. The van der Waals surface area contributed by atoms with Crippen LogP contribution in [0.4, 0.5) is 17.1 Å². The van der Waals surface area contributed by atoms with E-state index in [9.17, 15) is 4.79 Å². The maximum Gasteiger partial charge on any atom is 0.243 e. The molecule has 1 amide bonds. The van der Waals surface area contributed by atoms with Gasteiger partial charge in [-0.05, 0) is 55.7 Å². The average molecular weight is 445 g/mol. The fourth-order valence-electron chi connectivity index (χ4n) is 3.57. The van der Waals surface area contributed by atoms with E-state index < -0.39 is 0 Å². The summed E-state index contributed by atoms with van der Waals surface area (Å²) in [6.07, 6.45) is 6.59. The lowest BCUT2D eigenvalue weighted by atomic mass is 10.1. The summed E-state index contributed by atoms with van der Waals surface area (Å²) in [5, 5.41) is 11.4. The van der Waals surface area contributed by atoms with Gasteiger partial charge in [0.2, 0.25) is 5.91 Å². The number of aromatic nitrogens is 3. The Bertz CT molecular complexity index is 1020. The van der Waals surface area contributed by atoms with Crippen LogP contribution in [0.25, 0.3) is 5.69 Å². The minimum atomic E-state index is -0.205. The quantitative estimate of drug-likeness (QED) is 0.580. The van der Waals surface area contributed by atoms with Crippen molar-refractivity contribution in [2.75, 3.05) is 35.2 Å².